The molecular formula is C14H22N2O. The van der Waals surface area contributed by atoms with Crippen LogP contribution in [0.1, 0.15) is 32.4 Å². The second-order valence-corrected chi connectivity index (χ2v) is 4.95. The van der Waals surface area contributed by atoms with Crippen molar-refractivity contribution in [1.29, 1.82) is 0 Å². The van der Waals surface area contributed by atoms with E-state index in [0.29, 0.717) is 12.1 Å². The number of hydrogen-bond acceptors (Lipinski definition) is 3. The number of rotatable bonds is 5. The fraction of sp³-hybridized carbons (Fsp3) is 0.571. The molecule has 3 heteroatoms. The fourth-order valence-electron chi connectivity index (χ4n) is 2.05. The Hall–Kier alpha value is -1.06. The fourth-order valence-corrected chi connectivity index (χ4v) is 2.05. The van der Waals surface area contributed by atoms with E-state index >= 15 is 0 Å². The van der Waals surface area contributed by atoms with Gasteiger partial charge in [-0.3, -0.25) is 0 Å². The van der Waals surface area contributed by atoms with E-state index in [2.05, 4.69) is 43.5 Å². The minimum absolute atomic E-state index is 0.216. The van der Waals surface area contributed by atoms with Crippen molar-refractivity contribution in [2.75, 3.05) is 13.1 Å². The number of ether oxygens (including phenoxy) is 1. The van der Waals surface area contributed by atoms with Gasteiger partial charge in [0, 0.05) is 30.7 Å². The molecule has 1 aliphatic rings. The van der Waals surface area contributed by atoms with Gasteiger partial charge in [-0.2, -0.15) is 0 Å². The quantitative estimate of drug-likeness (QED) is 0.818. The Morgan fingerprint density at radius 3 is 2.53 bits per heavy atom. The number of nitrogens with one attached hydrogen (secondary N) is 2. The standard InChI is InChI=1S/C14H22N2O/c1-10(2)17-14-7-5-4-6-13(14)11(3)16-12-8-15-9-12/h4-7,10-12,15-16H,8-9H2,1-3H3. The topological polar surface area (TPSA) is 33.3 Å². The molecule has 1 unspecified atom stereocenters. The van der Waals surface area contributed by atoms with Gasteiger partial charge in [-0.1, -0.05) is 18.2 Å². The van der Waals surface area contributed by atoms with Gasteiger partial charge in [0.15, 0.2) is 0 Å². The largest absolute Gasteiger partial charge is 0.491 e. The van der Waals surface area contributed by atoms with Crippen LogP contribution in [0, 0.1) is 0 Å². The van der Waals surface area contributed by atoms with Crippen LogP contribution >= 0.6 is 0 Å². The molecule has 0 radical (unpaired) electrons. The zero-order valence-corrected chi connectivity index (χ0v) is 10.9. The summed E-state index contributed by atoms with van der Waals surface area (Å²) in [6, 6.07) is 9.21. The Bertz CT molecular complexity index is 361. The van der Waals surface area contributed by atoms with E-state index in [4.69, 9.17) is 4.74 Å². The number of benzene rings is 1. The average Bonchev–Trinajstić information content (AvgIpc) is 2.23. The van der Waals surface area contributed by atoms with E-state index in [0.717, 1.165) is 18.8 Å². The normalized spacial score (nSPS) is 17.9. The summed E-state index contributed by atoms with van der Waals surface area (Å²) in [4.78, 5) is 0. The van der Waals surface area contributed by atoms with Crippen LogP contribution in [0.25, 0.3) is 0 Å². The second-order valence-electron chi connectivity index (χ2n) is 4.95. The highest BCUT2D eigenvalue weighted by Crippen LogP contribution is 2.26. The van der Waals surface area contributed by atoms with Crippen molar-refractivity contribution in [3.63, 3.8) is 0 Å². The third-order valence-corrected chi connectivity index (χ3v) is 3.02. The molecule has 1 aliphatic heterocycles. The van der Waals surface area contributed by atoms with Crippen molar-refractivity contribution in [3.8, 4) is 5.75 Å². The summed E-state index contributed by atoms with van der Waals surface area (Å²) in [5.41, 5.74) is 1.24. The lowest BCUT2D eigenvalue weighted by molar-refractivity contribution is 0.236. The van der Waals surface area contributed by atoms with Crippen molar-refractivity contribution >= 4 is 0 Å². The molecule has 1 fully saturated rings. The predicted molar refractivity (Wildman–Crippen MR) is 70.4 cm³/mol. The first-order valence-electron chi connectivity index (χ1n) is 6.39. The molecule has 0 amide bonds. The average molecular weight is 234 g/mol. The van der Waals surface area contributed by atoms with Crippen LogP contribution in [0.3, 0.4) is 0 Å². The first-order chi connectivity index (χ1) is 8.16. The molecule has 1 aromatic carbocycles. The van der Waals surface area contributed by atoms with Gasteiger partial charge in [0.05, 0.1) is 6.10 Å². The molecule has 94 valence electrons. The van der Waals surface area contributed by atoms with Gasteiger partial charge in [-0.15, -0.1) is 0 Å². The van der Waals surface area contributed by atoms with Gasteiger partial charge in [0.2, 0.25) is 0 Å². The zero-order valence-electron chi connectivity index (χ0n) is 10.9. The van der Waals surface area contributed by atoms with Crippen molar-refractivity contribution in [1.82, 2.24) is 10.6 Å². The van der Waals surface area contributed by atoms with Gasteiger partial charge < -0.3 is 15.4 Å². The van der Waals surface area contributed by atoms with Crippen LogP contribution in [0.2, 0.25) is 0 Å². The second kappa shape index (κ2) is 5.52. The minimum atomic E-state index is 0.216. The lowest BCUT2D eigenvalue weighted by Crippen LogP contribution is -2.55. The third-order valence-electron chi connectivity index (χ3n) is 3.02. The van der Waals surface area contributed by atoms with Crippen molar-refractivity contribution < 1.29 is 4.74 Å². The molecule has 1 aromatic rings. The molecule has 1 atom stereocenters. The summed E-state index contributed by atoms with van der Waals surface area (Å²) in [6.45, 7) is 8.45. The zero-order chi connectivity index (χ0) is 12.3. The SMILES string of the molecule is CC(C)Oc1ccccc1C(C)NC1CNC1. The lowest BCUT2D eigenvalue weighted by Gasteiger charge is -2.32. The van der Waals surface area contributed by atoms with E-state index in [9.17, 15) is 0 Å². The molecular weight excluding hydrogens is 212 g/mol. The summed E-state index contributed by atoms with van der Waals surface area (Å²) in [5, 5.41) is 6.87. The highest BCUT2D eigenvalue weighted by atomic mass is 16.5. The van der Waals surface area contributed by atoms with Gasteiger partial charge in [0.25, 0.3) is 0 Å². The molecule has 3 nitrogen and oxygen atoms in total. The van der Waals surface area contributed by atoms with Crippen molar-refractivity contribution in [3.05, 3.63) is 29.8 Å². The highest BCUT2D eigenvalue weighted by molar-refractivity contribution is 5.35. The Labute approximate surface area is 104 Å². The summed E-state index contributed by atoms with van der Waals surface area (Å²) in [6.07, 6.45) is 0.216. The molecule has 2 N–H and O–H groups in total. The van der Waals surface area contributed by atoms with Gasteiger partial charge >= 0.3 is 0 Å². The first kappa shape index (κ1) is 12.4. The minimum Gasteiger partial charge on any atom is -0.491 e. The Morgan fingerprint density at radius 2 is 1.94 bits per heavy atom. The van der Waals surface area contributed by atoms with Gasteiger partial charge in [-0.25, -0.2) is 0 Å². The summed E-state index contributed by atoms with van der Waals surface area (Å²) >= 11 is 0. The number of para-hydroxylation sites is 1. The van der Waals surface area contributed by atoms with Crippen molar-refractivity contribution in [2.45, 2.75) is 39.0 Å². The van der Waals surface area contributed by atoms with E-state index in [-0.39, 0.29) is 6.10 Å². The highest BCUT2D eigenvalue weighted by Gasteiger charge is 2.20. The van der Waals surface area contributed by atoms with Gasteiger partial charge in [-0.05, 0) is 26.8 Å². The summed E-state index contributed by atoms with van der Waals surface area (Å²) in [7, 11) is 0. The van der Waals surface area contributed by atoms with Crippen LogP contribution in [-0.4, -0.2) is 25.2 Å². The maximum Gasteiger partial charge on any atom is 0.124 e. The molecule has 0 aromatic heterocycles. The Kier molecular flexibility index (Phi) is 4.02. The number of hydrogen-bond donors (Lipinski definition) is 2. The molecule has 0 spiro atoms. The first-order valence-corrected chi connectivity index (χ1v) is 6.39. The maximum atomic E-state index is 5.84. The predicted octanol–water partition coefficient (Wildman–Crippen LogP) is 2.10. The maximum absolute atomic E-state index is 5.84. The van der Waals surface area contributed by atoms with E-state index in [1.807, 2.05) is 12.1 Å². The van der Waals surface area contributed by atoms with E-state index in [1.54, 1.807) is 0 Å². The smallest absolute Gasteiger partial charge is 0.124 e. The Balaban J connectivity index is 2.06. The molecule has 0 bridgehead atoms. The Morgan fingerprint density at radius 1 is 1.24 bits per heavy atom. The monoisotopic (exact) mass is 234 g/mol. The van der Waals surface area contributed by atoms with Crippen LogP contribution in [-0.2, 0) is 0 Å². The molecule has 0 saturated carbocycles. The van der Waals surface area contributed by atoms with Crippen LogP contribution in [0.4, 0.5) is 0 Å². The van der Waals surface area contributed by atoms with Crippen molar-refractivity contribution in [2.24, 2.45) is 0 Å². The molecule has 1 saturated heterocycles. The third kappa shape index (κ3) is 3.20. The van der Waals surface area contributed by atoms with Crippen LogP contribution < -0.4 is 15.4 Å². The summed E-state index contributed by atoms with van der Waals surface area (Å²) < 4.78 is 5.84. The van der Waals surface area contributed by atoms with E-state index < -0.39 is 0 Å². The summed E-state index contributed by atoms with van der Waals surface area (Å²) in [5.74, 6) is 0.995. The molecule has 2 rings (SSSR count). The molecule has 0 aliphatic carbocycles. The van der Waals surface area contributed by atoms with Crippen LogP contribution in [0.5, 0.6) is 5.75 Å². The molecule has 17 heavy (non-hydrogen) atoms. The molecule has 1 heterocycles. The van der Waals surface area contributed by atoms with Gasteiger partial charge in [0.1, 0.15) is 5.75 Å². The lowest BCUT2D eigenvalue weighted by atomic mass is 10.0. The van der Waals surface area contributed by atoms with E-state index in [1.165, 1.54) is 5.56 Å². The van der Waals surface area contributed by atoms with Crippen LogP contribution in [0.15, 0.2) is 24.3 Å².